The van der Waals surface area contributed by atoms with E-state index in [1.54, 1.807) is 0 Å². The zero-order valence-corrected chi connectivity index (χ0v) is 11.8. The Morgan fingerprint density at radius 2 is 1.95 bits per heavy atom. The maximum atomic E-state index is 4.79. The van der Waals surface area contributed by atoms with E-state index in [1.807, 2.05) is 6.33 Å². The van der Waals surface area contributed by atoms with Crippen LogP contribution in [-0.4, -0.2) is 16.1 Å². The van der Waals surface area contributed by atoms with Crippen LogP contribution < -0.4 is 5.32 Å². The second-order valence-electron chi connectivity index (χ2n) is 6.12. The monoisotopic (exact) mass is 267 g/mol. The third-order valence-corrected chi connectivity index (χ3v) is 4.88. The summed E-state index contributed by atoms with van der Waals surface area (Å²) >= 11 is 0. The lowest BCUT2D eigenvalue weighted by Gasteiger charge is -2.34. The van der Waals surface area contributed by atoms with Gasteiger partial charge in [-0.3, -0.25) is 0 Å². The summed E-state index contributed by atoms with van der Waals surface area (Å²) in [6.07, 6.45) is 8.31. The molecule has 1 aliphatic carbocycles. The quantitative estimate of drug-likeness (QED) is 0.906. The van der Waals surface area contributed by atoms with Crippen molar-refractivity contribution in [1.82, 2.24) is 14.9 Å². The largest absolute Gasteiger partial charge is 0.330 e. The summed E-state index contributed by atoms with van der Waals surface area (Å²) in [5.74, 6) is 0. The first-order valence-corrected chi connectivity index (χ1v) is 7.71. The molecule has 1 spiro atoms. The maximum absolute atomic E-state index is 4.79. The third kappa shape index (κ3) is 1.88. The summed E-state index contributed by atoms with van der Waals surface area (Å²) in [5.41, 5.74) is 4.33. The summed E-state index contributed by atoms with van der Waals surface area (Å²) in [4.78, 5) is 4.79. The molecule has 2 heterocycles. The number of nitrogens with one attached hydrogen (secondary N) is 1. The van der Waals surface area contributed by atoms with Crippen molar-refractivity contribution >= 4 is 0 Å². The van der Waals surface area contributed by atoms with Gasteiger partial charge >= 0.3 is 0 Å². The molecule has 2 aromatic rings. The highest BCUT2D eigenvalue weighted by Gasteiger charge is 2.41. The van der Waals surface area contributed by atoms with Crippen LogP contribution in [0.15, 0.2) is 36.7 Å². The topological polar surface area (TPSA) is 29.9 Å². The van der Waals surface area contributed by atoms with Gasteiger partial charge in [0.05, 0.1) is 17.6 Å². The Labute approximate surface area is 120 Å². The van der Waals surface area contributed by atoms with E-state index in [0.717, 1.165) is 19.5 Å². The number of aromatic nitrogens is 2. The zero-order valence-electron chi connectivity index (χ0n) is 11.8. The molecule has 2 aliphatic rings. The second-order valence-corrected chi connectivity index (χ2v) is 6.12. The predicted molar refractivity (Wildman–Crippen MR) is 79.6 cm³/mol. The molecule has 0 radical (unpaired) electrons. The van der Waals surface area contributed by atoms with Crippen molar-refractivity contribution in [2.75, 3.05) is 6.54 Å². The van der Waals surface area contributed by atoms with E-state index in [-0.39, 0.29) is 5.54 Å². The van der Waals surface area contributed by atoms with Gasteiger partial charge in [0.1, 0.15) is 0 Å². The van der Waals surface area contributed by atoms with Crippen molar-refractivity contribution in [1.29, 1.82) is 0 Å². The van der Waals surface area contributed by atoms with E-state index in [1.165, 1.54) is 42.6 Å². The zero-order chi connectivity index (χ0) is 13.4. The minimum Gasteiger partial charge on any atom is -0.330 e. The van der Waals surface area contributed by atoms with Crippen LogP contribution in [0, 0.1) is 0 Å². The van der Waals surface area contributed by atoms with E-state index < -0.39 is 0 Å². The number of fused-ring (bicyclic) bond motifs is 2. The van der Waals surface area contributed by atoms with Gasteiger partial charge in [0.15, 0.2) is 0 Å². The van der Waals surface area contributed by atoms with Crippen LogP contribution in [0.1, 0.15) is 42.6 Å². The number of hydrogen-bond acceptors (Lipinski definition) is 2. The molecular weight excluding hydrogens is 246 g/mol. The molecule has 1 aliphatic heterocycles. The SMILES string of the molecule is c1ccc(Cn2cnc3c2CCNC32CCCC2)cc1. The standard InChI is InChI=1S/C17H21N3/c1-2-6-14(7-3-1)12-20-13-18-16-15(20)8-11-19-17(16)9-4-5-10-17/h1-3,6-7,13,19H,4-5,8-12H2. The van der Waals surface area contributed by atoms with Gasteiger partial charge in [0, 0.05) is 25.2 Å². The van der Waals surface area contributed by atoms with Crippen molar-refractivity contribution in [2.45, 2.75) is 44.2 Å². The van der Waals surface area contributed by atoms with Crippen molar-refractivity contribution < 1.29 is 0 Å². The van der Waals surface area contributed by atoms with Gasteiger partial charge in [-0.05, 0) is 18.4 Å². The average molecular weight is 267 g/mol. The van der Waals surface area contributed by atoms with Crippen LogP contribution in [0.2, 0.25) is 0 Å². The van der Waals surface area contributed by atoms with E-state index in [9.17, 15) is 0 Å². The van der Waals surface area contributed by atoms with Crippen molar-refractivity contribution in [3.05, 3.63) is 53.6 Å². The normalized spacial score (nSPS) is 20.2. The van der Waals surface area contributed by atoms with Crippen LogP contribution in [0.25, 0.3) is 0 Å². The molecule has 0 atom stereocenters. The minimum absolute atomic E-state index is 0.190. The summed E-state index contributed by atoms with van der Waals surface area (Å²) in [6, 6.07) is 10.7. The molecule has 0 bridgehead atoms. The molecule has 0 amide bonds. The summed E-state index contributed by atoms with van der Waals surface area (Å²) < 4.78 is 2.35. The van der Waals surface area contributed by atoms with Gasteiger partial charge in [-0.15, -0.1) is 0 Å². The smallest absolute Gasteiger partial charge is 0.0955 e. The molecule has 4 rings (SSSR count). The highest BCUT2D eigenvalue weighted by atomic mass is 15.1. The molecule has 3 nitrogen and oxygen atoms in total. The maximum Gasteiger partial charge on any atom is 0.0955 e. The molecule has 0 unspecified atom stereocenters. The number of rotatable bonds is 2. The fraction of sp³-hybridized carbons (Fsp3) is 0.471. The summed E-state index contributed by atoms with van der Waals surface area (Å²) in [5, 5.41) is 3.75. The van der Waals surface area contributed by atoms with E-state index in [2.05, 4.69) is 40.2 Å². The lowest BCUT2D eigenvalue weighted by Crippen LogP contribution is -2.45. The average Bonchev–Trinajstić information content (AvgIpc) is 3.10. The fourth-order valence-corrected chi connectivity index (χ4v) is 3.88. The number of nitrogens with zero attached hydrogens (tertiary/aromatic N) is 2. The Kier molecular flexibility index (Phi) is 2.88. The predicted octanol–water partition coefficient (Wildman–Crippen LogP) is 2.85. The van der Waals surface area contributed by atoms with Gasteiger partial charge in [-0.25, -0.2) is 4.98 Å². The van der Waals surface area contributed by atoms with Gasteiger partial charge in [-0.1, -0.05) is 43.2 Å². The minimum atomic E-state index is 0.190. The van der Waals surface area contributed by atoms with Crippen LogP contribution in [-0.2, 0) is 18.5 Å². The Balaban J connectivity index is 1.69. The number of imidazole rings is 1. The Hall–Kier alpha value is -1.61. The number of benzene rings is 1. The van der Waals surface area contributed by atoms with E-state index >= 15 is 0 Å². The van der Waals surface area contributed by atoms with Crippen LogP contribution in [0.3, 0.4) is 0 Å². The lowest BCUT2D eigenvalue weighted by atomic mass is 9.88. The Bertz CT molecular complexity index is 594. The molecule has 1 fully saturated rings. The molecule has 0 saturated heterocycles. The van der Waals surface area contributed by atoms with Gasteiger partial charge < -0.3 is 9.88 Å². The summed E-state index contributed by atoms with van der Waals surface area (Å²) in [7, 11) is 0. The van der Waals surface area contributed by atoms with Crippen LogP contribution >= 0.6 is 0 Å². The second kappa shape index (κ2) is 4.74. The molecule has 1 N–H and O–H groups in total. The van der Waals surface area contributed by atoms with Gasteiger partial charge in [0.2, 0.25) is 0 Å². The van der Waals surface area contributed by atoms with Crippen molar-refractivity contribution in [2.24, 2.45) is 0 Å². The highest BCUT2D eigenvalue weighted by molar-refractivity contribution is 5.29. The van der Waals surface area contributed by atoms with Crippen molar-refractivity contribution in [3.8, 4) is 0 Å². The first kappa shape index (κ1) is 12.2. The third-order valence-electron chi connectivity index (χ3n) is 4.88. The molecular formula is C17H21N3. The Morgan fingerprint density at radius 3 is 2.75 bits per heavy atom. The number of hydrogen-bond donors (Lipinski definition) is 1. The van der Waals surface area contributed by atoms with Gasteiger partial charge in [-0.2, -0.15) is 0 Å². The molecule has 20 heavy (non-hydrogen) atoms. The van der Waals surface area contributed by atoms with Crippen molar-refractivity contribution in [3.63, 3.8) is 0 Å². The molecule has 3 heteroatoms. The van der Waals surface area contributed by atoms with E-state index in [0.29, 0.717) is 0 Å². The lowest BCUT2D eigenvalue weighted by molar-refractivity contribution is 0.312. The van der Waals surface area contributed by atoms with Crippen LogP contribution in [0.4, 0.5) is 0 Å². The first-order valence-electron chi connectivity index (χ1n) is 7.71. The Morgan fingerprint density at radius 1 is 1.15 bits per heavy atom. The molecule has 1 saturated carbocycles. The summed E-state index contributed by atoms with van der Waals surface area (Å²) in [6.45, 7) is 2.03. The first-order chi connectivity index (χ1) is 9.87. The fourth-order valence-electron chi connectivity index (χ4n) is 3.88. The molecule has 1 aromatic heterocycles. The van der Waals surface area contributed by atoms with Gasteiger partial charge in [0.25, 0.3) is 0 Å². The molecule has 104 valence electrons. The van der Waals surface area contributed by atoms with Crippen LogP contribution in [0.5, 0.6) is 0 Å². The molecule has 1 aromatic carbocycles. The highest BCUT2D eigenvalue weighted by Crippen LogP contribution is 2.41. The van der Waals surface area contributed by atoms with E-state index in [4.69, 9.17) is 4.98 Å².